The minimum atomic E-state index is 0.314. The first-order valence-corrected chi connectivity index (χ1v) is 8.12. The van der Waals surface area contributed by atoms with Gasteiger partial charge in [-0.3, -0.25) is 0 Å². The number of halogens is 1. The lowest BCUT2D eigenvalue weighted by molar-refractivity contribution is 0.317. The van der Waals surface area contributed by atoms with Crippen molar-refractivity contribution >= 4 is 11.6 Å². The van der Waals surface area contributed by atoms with Crippen LogP contribution in [0.3, 0.4) is 0 Å². The molecule has 0 spiro atoms. The predicted octanol–water partition coefficient (Wildman–Crippen LogP) is 4.43. The van der Waals surface area contributed by atoms with Crippen molar-refractivity contribution < 1.29 is 18.9 Å². The largest absolute Gasteiger partial charge is 0.492 e. The van der Waals surface area contributed by atoms with E-state index < -0.39 is 0 Å². The van der Waals surface area contributed by atoms with Crippen molar-refractivity contribution in [3.05, 3.63) is 16.7 Å². The summed E-state index contributed by atoms with van der Waals surface area (Å²) in [6.45, 7) is 4.32. The number of benzene rings is 1. The number of methoxy groups -OCH3 is 3. The molecule has 1 fully saturated rings. The van der Waals surface area contributed by atoms with Crippen LogP contribution in [0.1, 0.15) is 44.6 Å². The van der Waals surface area contributed by atoms with E-state index in [4.69, 9.17) is 30.5 Å². The SMILES string of the molecule is CCC(CC1OC1CC)c1cc(Cl)c(OC)c(OC)c1OC. The van der Waals surface area contributed by atoms with Gasteiger partial charge in [-0.15, -0.1) is 0 Å². The van der Waals surface area contributed by atoms with Gasteiger partial charge in [-0.05, 0) is 31.2 Å². The summed E-state index contributed by atoms with van der Waals surface area (Å²) < 4.78 is 22.1. The summed E-state index contributed by atoms with van der Waals surface area (Å²) in [5.41, 5.74) is 1.05. The van der Waals surface area contributed by atoms with Crippen molar-refractivity contribution in [3.8, 4) is 17.2 Å². The zero-order valence-corrected chi connectivity index (χ0v) is 14.7. The topological polar surface area (TPSA) is 40.2 Å². The Morgan fingerprint density at radius 3 is 2.14 bits per heavy atom. The minimum absolute atomic E-state index is 0.314. The molecule has 22 heavy (non-hydrogen) atoms. The van der Waals surface area contributed by atoms with E-state index in [1.165, 1.54) is 0 Å². The van der Waals surface area contributed by atoms with Gasteiger partial charge in [0.1, 0.15) is 0 Å². The lowest BCUT2D eigenvalue weighted by Gasteiger charge is -2.22. The zero-order valence-electron chi connectivity index (χ0n) is 13.9. The second-order valence-corrected chi connectivity index (χ2v) is 5.92. The molecule has 2 rings (SSSR count). The Labute approximate surface area is 137 Å². The van der Waals surface area contributed by atoms with Gasteiger partial charge in [-0.25, -0.2) is 0 Å². The molecule has 1 heterocycles. The van der Waals surface area contributed by atoms with E-state index in [9.17, 15) is 0 Å². The molecule has 0 saturated carbocycles. The van der Waals surface area contributed by atoms with Crippen LogP contribution in [0.25, 0.3) is 0 Å². The maximum absolute atomic E-state index is 6.36. The van der Waals surface area contributed by atoms with Crippen LogP contribution in [-0.2, 0) is 4.74 Å². The molecule has 4 nitrogen and oxygen atoms in total. The molecule has 0 aliphatic carbocycles. The third kappa shape index (κ3) is 3.28. The maximum Gasteiger partial charge on any atom is 0.205 e. The van der Waals surface area contributed by atoms with Gasteiger partial charge in [0.25, 0.3) is 0 Å². The highest BCUT2D eigenvalue weighted by molar-refractivity contribution is 6.32. The van der Waals surface area contributed by atoms with Gasteiger partial charge in [0.15, 0.2) is 11.5 Å². The molecule has 1 aliphatic rings. The molecular weight excluding hydrogens is 304 g/mol. The van der Waals surface area contributed by atoms with Gasteiger partial charge in [-0.2, -0.15) is 0 Å². The van der Waals surface area contributed by atoms with Crippen LogP contribution in [0.2, 0.25) is 5.02 Å². The van der Waals surface area contributed by atoms with Gasteiger partial charge in [0.2, 0.25) is 5.75 Å². The lowest BCUT2D eigenvalue weighted by atomic mass is 9.89. The first-order valence-electron chi connectivity index (χ1n) is 7.74. The average Bonchev–Trinajstić information content (AvgIpc) is 3.29. The quantitative estimate of drug-likeness (QED) is 0.662. The van der Waals surface area contributed by atoms with Gasteiger partial charge in [-0.1, -0.05) is 25.4 Å². The molecule has 3 unspecified atom stereocenters. The summed E-state index contributed by atoms with van der Waals surface area (Å²) in [4.78, 5) is 0. The molecule has 0 aromatic heterocycles. The van der Waals surface area contributed by atoms with Crippen molar-refractivity contribution in [3.63, 3.8) is 0 Å². The number of hydrogen-bond acceptors (Lipinski definition) is 4. The molecule has 0 radical (unpaired) electrons. The van der Waals surface area contributed by atoms with E-state index in [0.29, 0.717) is 40.4 Å². The molecule has 1 aliphatic heterocycles. The Hall–Kier alpha value is -1.13. The monoisotopic (exact) mass is 328 g/mol. The molecule has 5 heteroatoms. The zero-order chi connectivity index (χ0) is 16.3. The van der Waals surface area contributed by atoms with Gasteiger partial charge >= 0.3 is 0 Å². The molecule has 1 aromatic rings. The van der Waals surface area contributed by atoms with E-state index in [1.54, 1.807) is 21.3 Å². The Morgan fingerprint density at radius 2 is 1.68 bits per heavy atom. The number of hydrogen-bond donors (Lipinski definition) is 0. The van der Waals surface area contributed by atoms with E-state index in [2.05, 4.69) is 13.8 Å². The number of epoxide rings is 1. The van der Waals surface area contributed by atoms with E-state index in [-0.39, 0.29) is 0 Å². The molecule has 0 amide bonds. The van der Waals surface area contributed by atoms with Crippen LogP contribution < -0.4 is 14.2 Å². The van der Waals surface area contributed by atoms with E-state index in [1.807, 2.05) is 6.07 Å². The third-order valence-corrected chi connectivity index (χ3v) is 4.61. The summed E-state index contributed by atoms with van der Waals surface area (Å²) in [6, 6.07) is 1.93. The summed E-state index contributed by atoms with van der Waals surface area (Å²) >= 11 is 6.36. The maximum atomic E-state index is 6.36. The van der Waals surface area contributed by atoms with Crippen LogP contribution >= 0.6 is 11.6 Å². The number of rotatable bonds is 8. The van der Waals surface area contributed by atoms with E-state index in [0.717, 1.165) is 24.8 Å². The molecule has 1 saturated heterocycles. The molecule has 0 N–H and O–H groups in total. The fourth-order valence-corrected chi connectivity index (χ4v) is 3.32. The smallest absolute Gasteiger partial charge is 0.205 e. The second-order valence-electron chi connectivity index (χ2n) is 5.51. The molecular formula is C17H25ClO4. The van der Waals surface area contributed by atoms with E-state index >= 15 is 0 Å². The Kier molecular flexibility index (Phi) is 5.81. The average molecular weight is 329 g/mol. The van der Waals surface area contributed by atoms with Crippen molar-refractivity contribution in [2.24, 2.45) is 0 Å². The van der Waals surface area contributed by atoms with Crippen LogP contribution in [0.15, 0.2) is 6.07 Å². The van der Waals surface area contributed by atoms with Crippen molar-refractivity contribution in [1.29, 1.82) is 0 Å². The Balaban J connectivity index is 2.37. The normalized spacial score (nSPS) is 21.4. The van der Waals surface area contributed by atoms with Gasteiger partial charge in [0.05, 0.1) is 38.6 Å². The highest BCUT2D eigenvalue weighted by Gasteiger charge is 2.39. The summed E-state index contributed by atoms with van der Waals surface area (Å²) in [5, 5.41) is 0.539. The first kappa shape index (κ1) is 17.2. The second kappa shape index (κ2) is 7.42. The Bertz CT molecular complexity index is 518. The fraction of sp³-hybridized carbons (Fsp3) is 0.647. The van der Waals surface area contributed by atoms with Crippen LogP contribution in [-0.4, -0.2) is 33.5 Å². The minimum Gasteiger partial charge on any atom is -0.492 e. The highest BCUT2D eigenvalue weighted by Crippen LogP contribution is 2.49. The van der Waals surface area contributed by atoms with Crippen LogP contribution in [0, 0.1) is 0 Å². The highest BCUT2D eigenvalue weighted by atomic mass is 35.5. The molecule has 1 aromatic carbocycles. The lowest BCUT2D eigenvalue weighted by Crippen LogP contribution is -2.07. The standard InChI is InChI=1S/C17H25ClO4/c1-6-10(8-14-13(7-2)22-14)11-9-12(18)16(20-4)17(21-5)15(11)19-3/h9-10,13-14H,6-8H2,1-5H3. The number of ether oxygens (including phenoxy) is 4. The molecule has 0 bridgehead atoms. The first-order chi connectivity index (χ1) is 10.6. The van der Waals surface area contributed by atoms with Crippen molar-refractivity contribution in [1.82, 2.24) is 0 Å². The summed E-state index contributed by atoms with van der Waals surface area (Å²) in [6.07, 6.45) is 3.75. The Morgan fingerprint density at radius 1 is 1.05 bits per heavy atom. The third-order valence-electron chi connectivity index (χ3n) is 4.33. The molecule has 124 valence electrons. The van der Waals surface area contributed by atoms with Crippen molar-refractivity contribution in [2.75, 3.05) is 21.3 Å². The van der Waals surface area contributed by atoms with Crippen LogP contribution in [0.4, 0.5) is 0 Å². The van der Waals surface area contributed by atoms with Crippen molar-refractivity contribution in [2.45, 2.75) is 51.2 Å². The fourth-order valence-electron chi connectivity index (χ4n) is 3.04. The van der Waals surface area contributed by atoms with Crippen LogP contribution in [0.5, 0.6) is 17.2 Å². The molecule has 3 atom stereocenters. The van der Waals surface area contributed by atoms with Gasteiger partial charge in [0, 0.05) is 5.56 Å². The summed E-state index contributed by atoms with van der Waals surface area (Å²) in [5.74, 6) is 2.07. The van der Waals surface area contributed by atoms with Gasteiger partial charge < -0.3 is 18.9 Å². The summed E-state index contributed by atoms with van der Waals surface area (Å²) in [7, 11) is 4.81. The predicted molar refractivity (Wildman–Crippen MR) is 87.7 cm³/mol.